The molecule has 0 spiro atoms. The molecular formula is C14H13FN2O2S. The van der Waals surface area contributed by atoms with Gasteiger partial charge in [0.05, 0.1) is 17.9 Å². The number of carbonyl (C=O) groups is 1. The van der Waals surface area contributed by atoms with Crippen LogP contribution in [0.4, 0.5) is 10.1 Å². The van der Waals surface area contributed by atoms with Gasteiger partial charge in [0, 0.05) is 11.1 Å². The van der Waals surface area contributed by atoms with E-state index in [9.17, 15) is 9.18 Å². The van der Waals surface area contributed by atoms with Crippen LogP contribution in [0.3, 0.4) is 0 Å². The summed E-state index contributed by atoms with van der Waals surface area (Å²) in [6.07, 6.45) is 1.49. The third kappa shape index (κ3) is 3.27. The zero-order valence-electron chi connectivity index (χ0n) is 10.8. The van der Waals surface area contributed by atoms with Gasteiger partial charge in [-0.1, -0.05) is 11.8 Å². The second kappa shape index (κ2) is 6.38. The van der Waals surface area contributed by atoms with Crippen molar-refractivity contribution < 1.29 is 13.9 Å². The number of hydrogen-bond donors (Lipinski definition) is 1. The number of hydrogen-bond acceptors (Lipinski definition) is 5. The van der Waals surface area contributed by atoms with Crippen LogP contribution in [0.5, 0.6) is 0 Å². The summed E-state index contributed by atoms with van der Waals surface area (Å²) in [6, 6.07) is 7.47. The maximum atomic E-state index is 12.8. The largest absolute Gasteiger partial charge is 0.462 e. The molecule has 2 N–H and O–H groups in total. The van der Waals surface area contributed by atoms with E-state index in [2.05, 4.69) is 4.98 Å². The lowest BCUT2D eigenvalue weighted by atomic mass is 10.2. The van der Waals surface area contributed by atoms with Gasteiger partial charge in [0.15, 0.2) is 0 Å². The molecule has 0 aliphatic rings. The van der Waals surface area contributed by atoms with Gasteiger partial charge >= 0.3 is 5.97 Å². The fraction of sp³-hybridized carbons (Fsp3) is 0.143. The van der Waals surface area contributed by atoms with Gasteiger partial charge in [0.1, 0.15) is 10.8 Å². The van der Waals surface area contributed by atoms with Crippen LogP contribution in [-0.2, 0) is 4.74 Å². The summed E-state index contributed by atoms with van der Waals surface area (Å²) in [5, 5.41) is 0.488. The van der Waals surface area contributed by atoms with Crippen molar-refractivity contribution in [2.45, 2.75) is 16.8 Å². The first kappa shape index (κ1) is 14.3. The summed E-state index contributed by atoms with van der Waals surface area (Å²) in [5.41, 5.74) is 6.48. The van der Waals surface area contributed by atoms with Crippen molar-refractivity contribution >= 4 is 23.4 Å². The molecule has 0 fully saturated rings. The maximum Gasteiger partial charge on any atom is 0.340 e. The second-order valence-corrected chi connectivity index (χ2v) is 4.92. The summed E-state index contributed by atoms with van der Waals surface area (Å²) in [4.78, 5) is 16.6. The van der Waals surface area contributed by atoms with Crippen LogP contribution in [0.25, 0.3) is 0 Å². The van der Waals surface area contributed by atoms with E-state index >= 15 is 0 Å². The Hall–Kier alpha value is -2.08. The van der Waals surface area contributed by atoms with Crippen LogP contribution in [0, 0.1) is 5.82 Å². The first-order chi connectivity index (χ1) is 9.61. The number of aromatic nitrogens is 1. The van der Waals surface area contributed by atoms with E-state index in [1.807, 2.05) is 0 Å². The Kier molecular flexibility index (Phi) is 4.57. The quantitative estimate of drug-likeness (QED) is 0.877. The number of benzene rings is 1. The summed E-state index contributed by atoms with van der Waals surface area (Å²) >= 11 is 1.26. The normalized spacial score (nSPS) is 10.3. The number of nitrogens with two attached hydrogens (primary N) is 1. The van der Waals surface area contributed by atoms with E-state index < -0.39 is 5.97 Å². The lowest BCUT2D eigenvalue weighted by molar-refractivity contribution is 0.0527. The van der Waals surface area contributed by atoms with E-state index in [4.69, 9.17) is 10.5 Å². The molecular weight excluding hydrogens is 279 g/mol. The number of nitrogen functional groups attached to an aromatic ring is 1. The lowest BCUT2D eigenvalue weighted by Crippen LogP contribution is -2.09. The minimum atomic E-state index is -0.478. The standard InChI is InChI=1S/C14H13FN2O2S/c1-2-19-14(18)11-7-8-17-13(12(11)16)20-10-5-3-9(15)4-6-10/h3-8H,2,16H2,1H3. The molecule has 20 heavy (non-hydrogen) atoms. The average Bonchev–Trinajstić information content (AvgIpc) is 2.44. The highest BCUT2D eigenvalue weighted by Crippen LogP contribution is 2.32. The van der Waals surface area contributed by atoms with Gasteiger partial charge in [-0.05, 0) is 37.3 Å². The van der Waals surface area contributed by atoms with Crippen molar-refractivity contribution in [3.05, 3.63) is 47.9 Å². The van der Waals surface area contributed by atoms with Crippen LogP contribution >= 0.6 is 11.8 Å². The van der Waals surface area contributed by atoms with Crippen LogP contribution in [0.1, 0.15) is 17.3 Å². The number of ether oxygens (including phenoxy) is 1. The van der Waals surface area contributed by atoms with Crippen molar-refractivity contribution in [3.8, 4) is 0 Å². The Balaban J connectivity index is 2.26. The number of carbonyl (C=O) groups excluding carboxylic acids is 1. The molecule has 1 aromatic carbocycles. The maximum absolute atomic E-state index is 12.8. The first-order valence-electron chi connectivity index (χ1n) is 5.97. The van der Waals surface area contributed by atoms with Crippen molar-refractivity contribution in [1.82, 2.24) is 4.98 Å². The van der Waals surface area contributed by atoms with E-state index in [1.54, 1.807) is 19.1 Å². The SMILES string of the molecule is CCOC(=O)c1ccnc(Sc2ccc(F)cc2)c1N. The van der Waals surface area contributed by atoms with Crippen LogP contribution in [0.15, 0.2) is 46.5 Å². The molecule has 0 bridgehead atoms. The van der Waals surface area contributed by atoms with Crippen molar-refractivity contribution in [2.24, 2.45) is 0 Å². The van der Waals surface area contributed by atoms with Gasteiger partial charge < -0.3 is 10.5 Å². The van der Waals surface area contributed by atoms with Gasteiger partial charge in [0.2, 0.25) is 0 Å². The Labute approximate surface area is 120 Å². The van der Waals surface area contributed by atoms with E-state index in [1.165, 1.54) is 36.2 Å². The van der Waals surface area contributed by atoms with Gasteiger partial charge in [-0.2, -0.15) is 0 Å². The Morgan fingerprint density at radius 3 is 2.70 bits per heavy atom. The molecule has 1 aromatic heterocycles. The summed E-state index contributed by atoms with van der Waals surface area (Å²) < 4.78 is 17.8. The Morgan fingerprint density at radius 2 is 2.05 bits per heavy atom. The topological polar surface area (TPSA) is 65.2 Å². The van der Waals surface area contributed by atoms with Gasteiger partial charge in [-0.25, -0.2) is 14.2 Å². The molecule has 0 atom stereocenters. The number of esters is 1. The first-order valence-corrected chi connectivity index (χ1v) is 6.78. The van der Waals surface area contributed by atoms with Crippen LogP contribution < -0.4 is 5.73 Å². The summed E-state index contributed by atoms with van der Waals surface area (Å²) in [6.45, 7) is 2.00. The molecule has 2 rings (SSSR count). The van der Waals surface area contributed by atoms with Crippen molar-refractivity contribution in [1.29, 1.82) is 0 Å². The summed E-state index contributed by atoms with van der Waals surface area (Å²) in [7, 11) is 0. The molecule has 0 saturated carbocycles. The Morgan fingerprint density at radius 1 is 1.35 bits per heavy atom. The minimum absolute atomic E-state index is 0.264. The zero-order valence-corrected chi connectivity index (χ0v) is 11.6. The Bertz CT molecular complexity index is 617. The molecule has 1 heterocycles. The molecule has 6 heteroatoms. The van der Waals surface area contributed by atoms with Gasteiger partial charge in [-0.3, -0.25) is 0 Å². The van der Waals surface area contributed by atoms with E-state index in [0.29, 0.717) is 5.03 Å². The second-order valence-electron chi connectivity index (χ2n) is 3.85. The number of rotatable bonds is 4. The molecule has 0 aliphatic heterocycles. The highest BCUT2D eigenvalue weighted by Gasteiger charge is 2.15. The highest BCUT2D eigenvalue weighted by molar-refractivity contribution is 7.99. The van der Waals surface area contributed by atoms with Gasteiger partial charge in [-0.15, -0.1) is 0 Å². The van der Waals surface area contributed by atoms with E-state index in [-0.39, 0.29) is 23.7 Å². The fourth-order valence-corrected chi connectivity index (χ4v) is 2.37. The fourth-order valence-electron chi connectivity index (χ4n) is 1.54. The van der Waals surface area contributed by atoms with Crippen LogP contribution in [-0.4, -0.2) is 17.6 Å². The predicted octanol–water partition coefficient (Wildman–Crippen LogP) is 3.13. The molecule has 4 nitrogen and oxygen atoms in total. The van der Waals surface area contributed by atoms with Crippen LogP contribution in [0.2, 0.25) is 0 Å². The smallest absolute Gasteiger partial charge is 0.340 e. The molecule has 2 aromatic rings. The highest BCUT2D eigenvalue weighted by atomic mass is 32.2. The lowest BCUT2D eigenvalue weighted by Gasteiger charge is -2.09. The monoisotopic (exact) mass is 292 g/mol. The number of pyridine rings is 1. The third-order valence-electron chi connectivity index (χ3n) is 2.48. The molecule has 0 aliphatic carbocycles. The minimum Gasteiger partial charge on any atom is -0.462 e. The molecule has 104 valence electrons. The van der Waals surface area contributed by atoms with Gasteiger partial charge in [0.25, 0.3) is 0 Å². The molecule has 0 radical (unpaired) electrons. The average molecular weight is 292 g/mol. The molecule has 0 amide bonds. The predicted molar refractivity (Wildman–Crippen MR) is 75.1 cm³/mol. The van der Waals surface area contributed by atoms with E-state index in [0.717, 1.165) is 4.90 Å². The molecule has 0 unspecified atom stereocenters. The van der Waals surface area contributed by atoms with Crippen molar-refractivity contribution in [2.75, 3.05) is 12.3 Å². The summed E-state index contributed by atoms with van der Waals surface area (Å²) in [5.74, 6) is -0.788. The van der Waals surface area contributed by atoms with Crippen molar-refractivity contribution in [3.63, 3.8) is 0 Å². The zero-order chi connectivity index (χ0) is 14.5. The number of halogens is 1. The third-order valence-corrected chi connectivity index (χ3v) is 3.50. The number of anilines is 1. The molecule has 0 saturated heterocycles. The number of nitrogens with zero attached hydrogens (tertiary/aromatic N) is 1.